The van der Waals surface area contributed by atoms with E-state index in [2.05, 4.69) is 23.1 Å². The Morgan fingerprint density at radius 2 is 1.92 bits per heavy atom. The number of halogens is 1. The van der Waals surface area contributed by atoms with E-state index in [1.807, 2.05) is 22.8 Å². The van der Waals surface area contributed by atoms with Gasteiger partial charge in [0.15, 0.2) is 11.5 Å². The summed E-state index contributed by atoms with van der Waals surface area (Å²) in [6.45, 7) is 1.92. The van der Waals surface area contributed by atoms with E-state index in [0.717, 1.165) is 48.1 Å². The molecule has 3 heterocycles. The number of rotatable bonds is 6. The Hall–Kier alpha value is -3.55. The van der Waals surface area contributed by atoms with Crippen molar-refractivity contribution in [2.24, 2.45) is 0 Å². The van der Waals surface area contributed by atoms with E-state index in [9.17, 15) is 9.50 Å². The quantitative estimate of drug-likeness (QED) is 0.415. The third kappa shape index (κ3) is 3.79. The van der Waals surface area contributed by atoms with Gasteiger partial charge in [0, 0.05) is 30.2 Å². The zero-order valence-corrected chi connectivity index (χ0v) is 20.5. The Kier molecular flexibility index (Phi) is 5.82. The number of aliphatic hydroxyl groups excluding tert-OH is 1. The van der Waals surface area contributed by atoms with Crippen LogP contribution < -0.4 is 14.2 Å². The SMILES string of the molecule is COc1ccc2c(c1)c1c(n2CO)CN2CCc3cc(OCc4cccc(F)c4)c(OC)cc3C2C1. The number of hydrogen-bond donors (Lipinski definition) is 1. The highest BCUT2D eigenvalue weighted by atomic mass is 19.1. The first-order valence-electron chi connectivity index (χ1n) is 12.2. The van der Waals surface area contributed by atoms with E-state index in [-0.39, 0.29) is 25.2 Å². The lowest BCUT2D eigenvalue weighted by molar-refractivity contribution is 0.145. The van der Waals surface area contributed by atoms with Crippen LogP contribution in [-0.2, 0) is 32.7 Å². The monoisotopic (exact) mass is 488 g/mol. The molecule has 2 aliphatic heterocycles. The minimum Gasteiger partial charge on any atom is -0.497 e. The number of hydrogen-bond acceptors (Lipinski definition) is 5. The summed E-state index contributed by atoms with van der Waals surface area (Å²) >= 11 is 0. The van der Waals surface area contributed by atoms with Gasteiger partial charge < -0.3 is 23.9 Å². The zero-order chi connectivity index (χ0) is 24.8. The first-order chi connectivity index (χ1) is 17.6. The molecule has 3 aromatic carbocycles. The van der Waals surface area contributed by atoms with Gasteiger partial charge in [-0.1, -0.05) is 12.1 Å². The van der Waals surface area contributed by atoms with E-state index in [1.165, 1.54) is 34.5 Å². The maximum Gasteiger partial charge on any atom is 0.161 e. The second kappa shape index (κ2) is 9.15. The molecule has 4 aromatic rings. The van der Waals surface area contributed by atoms with E-state index < -0.39 is 0 Å². The first-order valence-corrected chi connectivity index (χ1v) is 12.2. The van der Waals surface area contributed by atoms with E-state index in [4.69, 9.17) is 14.2 Å². The predicted octanol–water partition coefficient (Wildman–Crippen LogP) is 4.98. The summed E-state index contributed by atoms with van der Waals surface area (Å²) in [7, 11) is 3.33. The van der Waals surface area contributed by atoms with Crippen LogP contribution >= 0.6 is 0 Å². The highest BCUT2D eigenvalue weighted by molar-refractivity contribution is 5.87. The molecule has 1 aromatic heterocycles. The fraction of sp³-hybridized carbons (Fsp3) is 0.310. The summed E-state index contributed by atoms with van der Waals surface area (Å²) in [6, 6.07) is 16.9. The van der Waals surface area contributed by atoms with Gasteiger partial charge in [0.1, 0.15) is 24.9 Å². The Bertz CT molecular complexity index is 1450. The van der Waals surface area contributed by atoms with Crippen LogP contribution in [0.3, 0.4) is 0 Å². The standard InChI is InChI=1S/C29H29FN2O4/c1-34-21-6-7-25-23(12-21)24-13-26-22-14-28(35-2)29(36-16-18-4-3-5-20(30)10-18)11-19(22)8-9-31(26)15-27(24)32(25)17-33/h3-7,10-12,14,26,33H,8-9,13,15-17H2,1-2H3. The van der Waals surface area contributed by atoms with Gasteiger partial charge >= 0.3 is 0 Å². The number of aliphatic hydroxyl groups is 1. The fourth-order valence-electron chi connectivity index (χ4n) is 5.79. The molecule has 2 aliphatic rings. The molecule has 1 atom stereocenters. The number of ether oxygens (including phenoxy) is 3. The number of fused-ring (bicyclic) bond motifs is 6. The third-order valence-corrected chi connectivity index (χ3v) is 7.56. The molecule has 0 fully saturated rings. The van der Waals surface area contributed by atoms with E-state index in [0.29, 0.717) is 11.5 Å². The van der Waals surface area contributed by atoms with Crippen molar-refractivity contribution < 1.29 is 23.7 Å². The fourth-order valence-corrected chi connectivity index (χ4v) is 5.79. The van der Waals surface area contributed by atoms with Crippen molar-refractivity contribution in [2.75, 3.05) is 20.8 Å². The molecular weight excluding hydrogens is 459 g/mol. The molecule has 0 spiro atoms. The van der Waals surface area contributed by atoms with Crippen molar-refractivity contribution in [1.29, 1.82) is 0 Å². The van der Waals surface area contributed by atoms with Gasteiger partial charge in [0.05, 0.1) is 19.7 Å². The van der Waals surface area contributed by atoms with Crippen molar-refractivity contribution in [1.82, 2.24) is 9.47 Å². The Morgan fingerprint density at radius 1 is 1.03 bits per heavy atom. The Morgan fingerprint density at radius 3 is 2.69 bits per heavy atom. The van der Waals surface area contributed by atoms with Crippen molar-refractivity contribution >= 4 is 10.9 Å². The molecule has 186 valence electrons. The molecular formula is C29H29FN2O4. The third-order valence-electron chi connectivity index (χ3n) is 7.56. The Labute approximate surface area is 209 Å². The first kappa shape index (κ1) is 22.9. The van der Waals surface area contributed by atoms with Crippen LogP contribution in [0.25, 0.3) is 10.9 Å². The van der Waals surface area contributed by atoms with Crippen LogP contribution in [0.1, 0.15) is 34.0 Å². The summed E-state index contributed by atoms with van der Waals surface area (Å²) in [5, 5.41) is 11.3. The molecule has 0 amide bonds. The molecule has 0 saturated carbocycles. The van der Waals surface area contributed by atoms with Crippen LogP contribution in [0.5, 0.6) is 17.2 Å². The van der Waals surface area contributed by atoms with Crippen molar-refractivity contribution in [3.05, 3.63) is 88.4 Å². The Balaban J connectivity index is 1.35. The summed E-state index contributed by atoms with van der Waals surface area (Å²) in [6.07, 6.45) is 1.74. The summed E-state index contributed by atoms with van der Waals surface area (Å²) in [4.78, 5) is 2.49. The molecule has 7 heteroatoms. The molecule has 0 radical (unpaired) electrons. The number of benzene rings is 3. The van der Waals surface area contributed by atoms with E-state index >= 15 is 0 Å². The summed E-state index contributed by atoms with van der Waals surface area (Å²) in [5.74, 6) is 1.89. The van der Waals surface area contributed by atoms with E-state index in [1.54, 1.807) is 20.3 Å². The van der Waals surface area contributed by atoms with Gasteiger partial charge in [0.25, 0.3) is 0 Å². The number of aromatic nitrogens is 1. The van der Waals surface area contributed by atoms with Crippen LogP contribution in [0, 0.1) is 5.82 Å². The lowest BCUT2D eigenvalue weighted by Gasteiger charge is -2.41. The zero-order valence-electron chi connectivity index (χ0n) is 20.5. The molecule has 0 bridgehead atoms. The maximum absolute atomic E-state index is 13.6. The molecule has 36 heavy (non-hydrogen) atoms. The minimum absolute atomic E-state index is 0.0485. The molecule has 6 rings (SSSR count). The highest BCUT2D eigenvalue weighted by Gasteiger charge is 2.36. The van der Waals surface area contributed by atoms with Gasteiger partial charge in [0.2, 0.25) is 0 Å². The lowest BCUT2D eigenvalue weighted by Crippen LogP contribution is -2.39. The van der Waals surface area contributed by atoms with Gasteiger partial charge in [-0.15, -0.1) is 0 Å². The second-order valence-corrected chi connectivity index (χ2v) is 9.44. The van der Waals surface area contributed by atoms with Gasteiger partial charge in [-0.2, -0.15) is 0 Å². The topological polar surface area (TPSA) is 56.1 Å². The largest absolute Gasteiger partial charge is 0.497 e. The van der Waals surface area contributed by atoms with Gasteiger partial charge in [-0.3, -0.25) is 4.90 Å². The average molecular weight is 489 g/mol. The highest BCUT2D eigenvalue weighted by Crippen LogP contribution is 2.45. The number of nitrogens with zero attached hydrogens (tertiary/aromatic N) is 2. The summed E-state index contributed by atoms with van der Waals surface area (Å²) < 4.78 is 32.9. The predicted molar refractivity (Wildman–Crippen MR) is 135 cm³/mol. The summed E-state index contributed by atoms with van der Waals surface area (Å²) in [5.41, 5.74) is 6.73. The van der Waals surface area contributed by atoms with Crippen LogP contribution in [-0.4, -0.2) is 35.3 Å². The van der Waals surface area contributed by atoms with Crippen LogP contribution in [0.2, 0.25) is 0 Å². The van der Waals surface area contributed by atoms with Crippen LogP contribution in [0.4, 0.5) is 4.39 Å². The second-order valence-electron chi connectivity index (χ2n) is 9.44. The van der Waals surface area contributed by atoms with Crippen molar-refractivity contribution in [2.45, 2.75) is 38.8 Å². The molecule has 1 unspecified atom stereocenters. The van der Waals surface area contributed by atoms with Crippen molar-refractivity contribution in [3.8, 4) is 17.2 Å². The normalized spacial score (nSPS) is 16.8. The molecule has 0 saturated heterocycles. The van der Waals surface area contributed by atoms with Gasteiger partial charge in [-0.05, 0) is 77.6 Å². The maximum atomic E-state index is 13.6. The number of methoxy groups -OCH3 is 2. The minimum atomic E-state index is -0.273. The molecule has 1 N–H and O–H groups in total. The molecule has 0 aliphatic carbocycles. The lowest BCUT2D eigenvalue weighted by atomic mass is 9.85. The van der Waals surface area contributed by atoms with Crippen molar-refractivity contribution in [3.63, 3.8) is 0 Å². The average Bonchev–Trinajstić information content (AvgIpc) is 3.21. The van der Waals surface area contributed by atoms with Gasteiger partial charge in [-0.25, -0.2) is 4.39 Å². The molecule has 6 nitrogen and oxygen atoms in total. The van der Waals surface area contributed by atoms with Crippen LogP contribution in [0.15, 0.2) is 54.6 Å². The smallest absolute Gasteiger partial charge is 0.161 e.